The molecule has 0 aromatic carbocycles. The van der Waals surface area contributed by atoms with E-state index in [2.05, 4.69) is 15.2 Å². The van der Waals surface area contributed by atoms with Gasteiger partial charge in [0.05, 0.1) is 5.39 Å². The van der Waals surface area contributed by atoms with Gasteiger partial charge in [-0.3, -0.25) is 14.6 Å². The van der Waals surface area contributed by atoms with E-state index in [-0.39, 0.29) is 17.0 Å². The monoisotopic (exact) mass is 205 g/mol. The summed E-state index contributed by atoms with van der Waals surface area (Å²) in [7, 11) is 0. The first kappa shape index (κ1) is 9.32. The lowest BCUT2D eigenvalue weighted by molar-refractivity contribution is -0.132. The van der Waals surface area contributed by atoms with Crippen LogP contribution in [0.25, 0.3) is 10.9 Å². The van der Waals surface area contributed by atoms with Gasteiger partial charge in [0.1, 0.15) is 5.52 Å². The van der Waals surface area contributed by atoms with Crippen LogP contribution in [0, 0.1) is 0 Å². The molecule has 0 aliphatic carbocycles. The number of H-pyrrole nitrogens is 1. The van der Waals surface area contributed by atoms with Gasteiger partial charge in [-0.1, -0.05) is 0 Å². The fourth-order valence-electron chi connectivity index (χ4n) is 1.18. The highest BCUT2D eigenvalue weighted by molar-refractivity contribution is 5.83. The number of ether oxygens (including phenoxy) is 1. The molecule has 0 atom stereocenters. The van der Waals surface area contributed by atoms with Gasteiger partial charge in [-0.2, -0.15) is 0 Å². The lowest BCUT2D eigenvalue weighted by Crippen LogP contribution is -2.12. The zero-order chi connectivity index (χ0) is 10.8. The van der Waals surface area contributed by atoms with Crippen LogP contribution < -0.4 is 10.3 Å². The zero-order valence-corrected chi connectivity index (χ0v) is 7.85. The first-order valence-corrected chi connectivity index (χ1v) is 4.20. The Hall–Kier alpha value is -2.24. The number of aromatic nitrogens is 3. The molecular formula is C9H7N3O3. The van der Waals surface area contributed by atoms with E-state index < -0.39 is 5.97 Å². The van der Waals surface area contributed by atoms with Crippen molar-refractivity contribution in [3.63, 3.8) is 0 Å². The van der Waals surface area contributed by atoms with Crippen molar-refractivity contribution in [3.05, 3.63) is 28.7 Å². The Labute approximate surface area is 83.9 Å². The Kier molecular flexibility index (Phi) is 2.17. The first-order chi connectivity index (χ1) is 7.18. The van der Waals surface area contributed by atoms with Crippen molar-refractivity contribution in [1.29, 1.82) is 0 Å². The molecule has 76 valence electrons. The molecule has 1 N–H and O–H groups in total. The fraction of sp³-hybridized carbons (Fsp3) is 0.111. The minimum Gasteiger partial charge on any atom is -0.404 e. The number of carbonyl (C=O) groups excluding carboxylic acids is 1. The normalized spacial score (nSPS) is 10.2. The number of rotatable bonds is 1. The molecule has 2 aromatic heterocycles. The number of hydrogen-bond donors (Lipinski definition) is 1. The average molecular weight is 205 g/mol. The van der Waals surface area contributed by atoms with Crippen LogP contribution in [0.3, 0.4) is 0 Å². The molecule has 2 rings (SSSR count). The Morgan fingerprint density at radius 3 is 3.07 bits per heavy atom. The second kappa shape index (κ2) is 3.49. The second-order valence-corrected chi connectivity index (χ2v) is 2.85. The van der Waals surface area contributed by atoms with Gasteiger partial charge in [0, 0.05) is 13.1 Å². The van der Waals surface area contributed by atoms with E-state index in [1.54, 1.807) is 12.1 Å². The van der Waals surface area contributed by atoms with Crippen molar-refractivity contribution in [2.75, 3.05) is 0 Å². The highest BCUT2D eigenvalue weighted by Crippen LogP contribution is 2.15. The summed E-state index contributed by atoms with van der Waals surface area (Å²) in [5.74, 6) is -0.501. The Morgan fingerprint density at radius 2 is 2.33 bits per heavy atom. The van der Waals surface area contributed by atoms with Gasteiger partial charge in [0.15, 0.2) is 0 Å². The van der Waals surface area contributed by atoms with Gasteiger partial charge in [-0.15, -0.1) is 5.10 Å². The number of fused-ring (bicyclic) bond motifs is 1. The zero-order valence-electron chi connectivity index (χ0n) is 7.85. The van der Waals surface area contributed by atoms with E-state index in [0.717, 1.165) is 0 Å². The fourth-order valence-corrected chi connectivity index (χ4v) is 1.18. The van der Waals surface area contributed by atoms with E-state index >= 15 is 0 Å². The number of hydrogen-bond acceptors (Lipinski definition) is 5. The summed E-state index contributed by atoms with van der Waals surface area (Å²) in [5.41, 5.74) is -0.0922. The van der Waals surface area contributed by atoms with Gasteiger partial charge >= 0.3 is 5.97 Å². The van der Waals surface area contributed by atoms with E-state index in [1.807, 2.05) is 0 Å². The maximum atomic E-state index is 11.3. The predicted octanol–water partition coefficient (Wildman–Crippen LogP) is 0.243. The number of carbonyl (C=O) groups is 1. The maximum Gasteiger partial charge on any atom is 0.309 e. The molecule has 15 heavy (non-hydrogen) atoms. The molecule has 0 radical (unpaired) electrons. The van der Waals surface area contributed by atoms with Crippen LogP contribution in [0.1, 0.15) is 6.92 Å². The highest BCUT2D eigenvalue weighted by Gasteiger charge is 2.09. The lowest BCUT2D eigenvalue weighted by atomic mass is 10.3. The summed E-state index contributed by atoms with van der Waals surface area (Å²) in [5, 5.41) is 6.17. The summed E-state index contributed by atoms with van der Waals surface area (Å²) >= 11 is 0. The smallest absolute Gasteiger partial charge is 0.309 e. The summed E-state index contributed by atoms with van der Waals surface area (Å²) in [6, 6.07) is 3.20. The molecule has 0 saturated heterocycles. The Morgan fingerprint density at radius 1 is 1.53 bits per heavy atom. The van der Waals surface area contributed by atoms with Gasteiger partial charge in [0.25, 0.3) is 11.4 Å². The number of pyridine rings is 1. The van der Waals surface area contributed by atoms with Crippen molar-refractivity contribution in [2.45, 2.75) is 6.92 Å². The lowest BCUT2D eigenvalue weighted by Gasteiger charge is -2.01. The Balaban J connectivity index is 2.71. The molecule has 0 spiro atoms. The number of nitrogens with zero attached hydrogens (tertiary/aromatic N) is 2. The molecule has 6 heteroatoms. The van der Waals surface area contributed by atoms with Crippen molar-refractivity contribution < 1.29 is 9.53 Å². The van der Waals surface area contributed by atoms with Crippen LogP contribution >= 0.6 is 0 Å². The number of esters is 1. The largest absolute Gasteiger partial charge is 0.404 e. The molecular weight excluding hydrogens is 198 g/mol. The summed E-state index contributed by atoms with van der Waals surface area (Å²) < 4.78 is 4.80. The van der Waals surface area contributed by atoms with Crippen LogP contribution in [0.15, 0.2) is 23.1 Å². The molecule has 0 fully saturated rings. The summed E-state index contributed by atoms with van der Waals surface area (Å²) in [6.07, 6.45) is 1.50. The number of aromatic amines is 1. The standard InChI is InChI=1S/C9H7N3O3/c1-5(13)15-9-7-6(3-2-4-10-7)8(14)11-12-9/h2-4H,1H3,(H,11,14). The van der Waals surface area contributed by atoms with E-state index in [4.69, 9.17) is 4.74 Å². The topological polar surface area (TPSA) is 84.9 Å². The van der Waals surface area contributed by atoms with E-state index in [1.165, 1.54) is 13.1 Å². The third kappa shape index (κ3) is 1.69. The van der Waals surface area contributed by atoms with Crippen molar-refractivity contribution in [3.8, 4) is 5.88 Å². The summed E-state index contributed by atoms with van der Waals surface area (Å²) in [4.78, 5) is 26.0. The molecule has 6 nitrogen and oxygen atoms in total. The van der Waals surface area contributed by atoms with Crippen molar-refractivity contribution >= 4 is 16.9 Å². The van der Waals surface area contributed by atoms with Crippen molar-refractivity contribution in [2.24, 2.45) is 0 Å². The maximum absolute atomic E-state index is 11.3. The van der Waals surface area contributed by atoms with Gasteiger partial charge in [0.2, 0.25) is 0 Å². The third-order valence-electron chi connectivity index (χ3n) is 1.75. The van der Waals surface area contributed by atoms with Gasteiger partial charge in [-0.25, -0.2) is 5.10 Å². The van der Waals surface area contributed by atoms with E-state index in [0.29, 0.717) is 5.39 Å². The molecule has 0 bridgehead atoms. The molecule has 0 unspecified atom stereocenters. The van der Waals surface area contributed by atoms with Crippen LogP contribution in [0.4, 0.5) is 0 Å². The van der Waals surface area contributed by atoms with Gasteiger partial charge < -0.3 is 4.74 Å². The van der Waals surface area contributed by atoms with Crippen LogP contribution in [0.2, 0.25) is 0 Å². The Bertz CT molecular complexity index is 576. The van der Waals surface area contributed by atoms with Crippen molar-refractivity contribution in [1.82, 2.24) is 15.2 Å². The molecule has 0 aliphatic heterocycles. The number of nitrogens with one attached hydrogen (secondary N) is 1. The SMILES string of the molecule is CC(=O)Oc1n[nH]c(=O)c2cccnc12. The molecule has 0 amide bonds. The van der Waals surface area contributed by atoms with Crippen LogP contribution in [-0.2, 0) is 4.79 Å². The molecule has 0 aliphatic rings. The molecule has 0 saturated carbocycles. The first-order valence-electron chi connectivity index (χ1n) is 4.20. The minimum absolute atomic E-state index is 0.0118. The highest BCUT2D eigenvalue weighted by atomic mass is 16.5. The van der Waals surface area contributed by atoms with Gasteiger partial charge in [-0.05, 0) is 12.1 Å². The molecule has 2 aromatic rings. The quantitative estimate of drug-likeness (QED) is 0.674. The second-order valence-electron chi connectivity index (χ2n) is 2.85. The third-order valence-corrected chi connectivity index (χ3v) is 1.75. The van der Waals surface area contributed by atoms with E-state index in [9.17, 15) is 9.59 Å². The molecule has 2 heterocycles. The predicted molar refractivity (Wildman–Crippen MR) is 51.5 cm³/mol. The average Bonchev–Trinajstić information content (AvgIpc) is 2.22. The van der Waals surface area contributed by atoms with Crippen LogP contribution in [-0.4, -0.2) is 21.2 Å². The summed E-state index contributed by atoms with van der Waals surface area (Å²) in [6.45, 7) is 1.25. The minimum atomic E-state index is -0.512. The van der Waals surface area contributed by atoms with Crippen LogP contribution in [0.5, 0.6) is 5.88 Å².